The van der Waals surface area contributed by atoms with Gasteiger partial charge in [0.25, 0.3) is 0 Å². The summed E-state index contributed by atoms with van der Waals surface area (Å²) in [5.74, 6) is -0.176. The largest absolute Gasteiger partial charge is 0.366 e. The fraction of sp³-hybridized carbons (Fsp3) is 0.259. The standard InChI is InChI=1S/C27H25Cl2FN4O/c1-15-5-7-19(30)13-20(15)25-27(21-8-6-18(29)12-23(21)33-26(27)35)22(14-24(34-25)32-10-9-31)16-3-2-4-17(28)11-16/h2-8,11-13,22,25H,9-10,14,31H2,1H3,(H,32,34)(H,33,35)/t22-,25+,27-/m0/s1. The van der Waals surface area contributed by atoms with Crippen LogP contribution in [0.25, 0.3) is 0 Å². The van der Waals surface area contributed by atoms with E-state index in [0.717, 1.165) is 22.5 Å². The minimum atomic E-state index is -1.11. The van der Waals surface area contributed by atoms with Crippen LogP contribution in [0.4, 0.5) is 10.1 Å². The van der Waals surface area contributed by atoms with Gasteiger partial charge in [0.2, 0.25) is 5.91 Å². The van der Waals surface area contributed by atoms with Gasteiger partial charge in [-0.05, 0) is 65.6 Å². The van der Waals surface area contributed by atoms with Gasteiger partial charge in [0.15, 0.2) is 0 Å². The van der Waals surface area contributed by atoms with E-state index < -0.39 is 11.5 Å². The van der Waals surface area contributed by atoms with Gasteiger partial charge in [0.05, 0.1) is 18.4 Å². The molecule has 1 fully saturated rings. The lowest BCUT2D eigenvalue weighted by Gasteiger charge is -2.48. The van der Waals surface area contributed by atoms with Crippen LogP contribution in [0, 0.1) is 12.7 Å². The molecule has 1 saturated heterocycles. The van der Waals surface area contributed by atoms with Crippen LogP contribution < -0.4 is 16.4 Å². The number of nitrogens with two attached hydrogens (primary N) is 1. The molecule has 8 heteroatoms. The highest BCUT2D eigenvalue weighted by Gasteiger charge is 2.61. The van der Waals surface area contributed by atoms with Gasteiger partial charge in [-0.25, -0.2) is 4.39 Å². The van der Waals surface area contributed by atoms with Crippen LogP contribution in [-0.2, 0) is 10.2 Å². The molecule has 5 rings (SSSR count). The van der Waals surface area contributed by atoms with Crippen molar-refractivity contribution in [2.24, 2.45) is 10.7 Å². The van der Waals surface area contributed by atoms with E-state index in [9.17, 15) is 9.18 Å². The number of fused-ring (bicyclic) bond motifs is 2. The highest BCUT2D eigenvalue weighted by atomic mass is 35.5. The number of nitrogens with zero attached hydrogens (tertiary/aromatic N) is 1. The Hall–Kier alpha value is -2.93. The number of piperidine rings is 1. The molecule has 5 nitrogen and oxygen atoms in total. The molecule has 180 valence electrons. The highest BCUT2D eigenvalue weighted by Crippen LogP contribution is 2.58. The first kappa shape index (κ1) is 23.8. The number of carbonyl (C=O) groups excluding carboxylic acids is 1. The molecule has 0 radical (unpaired) electrons. The van der Waals surface area contributed by atoms with Crippen LogP contribution in [0.2, 0.25) is 10.0 Å². The van der Waals surface area contributed by atoms with Crippen LogP contribution in [0.3, 0.4) is 0 Å². The molecule has 2 aliphatic heterocycles. The van der Waals surface area contributed by atoms with Crippen LogP contribution in [0.1, 0.15) is 40.6 Å². The van der Waals surface area contributed by atoms with Crippen LogP contribution in [0.15, 0.2) is 65.7 Å². The van der Waals surface area contributed by atoms with Crippen molar-refractivity contribution in [3.05, 3.63) is 98.8 Å². The van der Waals surface area contributed by atoms with Gasteiger partial charge < -0.3 is 16.4 Å². The van der Waals surface area contributed by atoms with E-state index in [0.29, 0.717) is 40.8 Å². The maximum absolute atomic E-state index is 14.6. The Bertz CT molecular complexity index is 1340. The van der Waals surface area contributed by atoms with E-state index in [-0.39, 0.29) is 17.6 Å². The average Bonchev–Trinajstić information content (AvgIpc) is 3.11. The lowest BCUT2D eigenvalue weighted by atomic mass is 9.59. The zero-order valence-electron chi connectivity index (χ0n) is 19.1. The second-order valence-electron chi connectivity index (χ2n) is 9.02. The van der Waals surface area contributed by atoms with Crippen molar-refractivity contribution in [3.8, 4) is 0 Å². The number of hydrogen-bond acceptors (Lipinski definition) is 3. The summed E-state index contributed by atoms with van der Waals surface area (Å²) >= 11 is 12.7. The number of rotatable bonds is 4. The first-order valence-electron chi connectivity index (χ1n) is 11.5. The van der Waals surface area contributed by atoms with Crippen molar-refractivity contribution in [1.82, 2.24) is 5.32 Å². The molecule has 4 N–H and O–H groups in total. The lowest BCUT2D eigenvalue weighted by Crippen LogP contribution is -2.57. The topological polar surface area (TPSA) is 79.5 Å². The second-order valence-corrected chi connectivity index (χ2v) is 9.89. The number of nitrogens with one attached hydrogen (secondary N) is 2. The molecule has 0 aromatic heterocycles. The Kier molecular flexibility index (Phi) is 6.30. The summed E-state index contributed by atoms with van der Waals surface area (Å²) in [7, 11) is 0. The van der Waals surface area contributed by atoms with Gasteiger partial charge in [0, 0.05) is 34.6 Å². The third-order valence-electron chi connectivity index (χ3n) is 7.00. The Morgan fingerprint density at radius 3 is 2.69 bits per heavy atom. The summed E-state index contributed by atoms with van der Waals surface area (Å²) in [5, 5.41) is 7.66. The molecule has 0 bridgehead atoms. The van der Waals surface area contributed by atoms with Gasteiger partial charge >= 0.3 is 0 Å². The molecule has 3 atom stereocenters. The van der Waals surface area contributed by atoms with Crippen molar-refractivity contribution in [3.63, 3.8) is 0 Å². The summed E-state index contributed by atoms with van der Waals surface area (Å²) < 4.78 is 14.6. The number of carbonyl (C=O) groups is 1. The molecular weight excluding hydrogens is 486 g/mol. The van der Waals surface area contributed by atoms with Crippen molar-refractivity contribution in [1.29, 1.82) is 0 Å². The number of anilines is 1. The van der Waals surface area contributed by atoms with Crippen molar-refractivity contribution in [2.45, 2.75) is 30.7 Å². The molecule has 0 saturated carbocycles. The number of amidine groups is 1. The summed E-state index contributed by atoms with van der Waals surface area (Å²) in [6, 6.07) is 17.0. The number of aryl methyl sites for hydroxylation is 1. The number of aliphatic imine (C=N–C) groups is 1. The molecule has 1 amide bonds. The number of hydrogen-bond donors (Lipinski definition) is 3. The van der Waals surface area contributed by atoms with E-state index in [1.165, 1.54) is 12.1 Å². The van der Waals surface area contributed by atoms with E-state index in [1.54, 1.807) is 24.3 Å². The van der Waals surface area contributed by atoms with Crippen LogP contribution in [0.5, 0.6) is 0 Å². The lowest BCUT2D eigenvalue weighted by molar-refractivity contribution is -0.123. The summed E-state index contributed by atoms with van der Waals surface area (Å²) in [6.07, 6.45) is 0.459. The molecular formula is C27H25Cl2FN4O. The maximum Gasteiger partial charge on any atom is 0.238 e. The zero-order valence-corrected chi connectivity index (χ0v) is 20.6. The summed E-state index contributed by atoms with van der Waals surface area (Å²) in [6.45, 7) is 2.74. The van der Waals surface area contributed by atoms with E-state index in [1.807, 2.05) is 31.2 Å². The molecule has 3 aromatic rings. The highest BCUT2D eigenvalue weighted by molar-refractivity contribution is 6.31. The minimum Gasteiger partial charge on any atom is -0.366 e. The fourth-order valence-electron chi connectivity index (χ4n) is 5.52. The summed E-state index contributed by atoms with van der Waals surface area (Å²) in [5.41, 5.74) is 8.54. The Morgan fingerprint density at radius 1 is 1.11 bits per heavy atom. The van der Waals surface area contributed by atoms with Crippen LogP contribution >= 0.6 is 23.2 Å². The van der Waals surface area contributed by atoms with Crippen molar-refractivity contribution in [2.75, 3.05) is 18.4 Å². The zero-order chi connectivity index (χ0) is 24.7. The second kappa shape index (κ2) is 9.26. The summed E-state index contributed by atoms with van der Waals surface area (Å²) in [4.78, 5) is 18.8. The Labute approximate surface area is 213 Å². The smallest absolute Gasteiger partial charge is 0.238 e. The number of halogens is 3. The van der Waals surface area contributed by atoms with Gasteiger partial charge in [-0.15, -0.1) is 0 Å². The third-order valence-corrected chi connectivity index (χ3v) is 7.47. The fourth-order valence-corrected chi connectivity index (χ4v) is 5.89. The Morgan fingerprint density at radius 2 is 1.91 bits per heavy atom. The van der Waals surface area contributed by atoms with Gasteiger partial charge in [-0.2, -0.15) is 0 Å². The predicted octanol–water partition coefficient (Wildman–Crippen LogP) is 5.51. The van der Waals surface area contributed by atoms with Crippen molar-refractivity contribution < 1.29 is 9.18 Å². The molecule has 3 aromatic carbocycles. The quantitative estimate of drug-likeness (QED) is 0.433. The molecule has 35 heavy (non-hydrogen) atoms. The van der Waals surface area contributed by atoms with Crippen molar-refractivity contribution >= 4 is 40.6 Å². The molecule has 2 heterocycles. The Balaban J connectivity index is 1.82. The normalized spacial score (nSPS) is 24.4. The SMILES string of the molecule is Cc1ccc(F)cc1[C@H]1NC(=NCCN)C[C@@H](c2cccc(Cl)c2)[C@]12C(=O)Nc1cc(Cl)ccc12. The molecule has 0 aliphatic carbocycles. The van der Waals surface area contributed by atoms with Gasteiger partial charge in [-0.3, -0.25) is 9.79 Å². The first-order valence-corrected chi connectivity index (χ1v) is 12.2. The third kappa shape index (κ3) is 3.99. The van der Waals surface area contributed by atoms with Gasteiger partial charge in [-0.1, -0.05) is 47.5 Å². The minimum absolute atomic E-state index is 0.182. The monoisotopic (exact) mass is 510 g/mol. The molecule has 1 spiro atoms. The van der Waals surface area contributed by atoms with E-state index in [4.69, 9.17) is 28.9 Å². The number of benzene rings is 3. The molecule has 2 aliphatic rings. The first-order chi connectivity index (χ1) is 16.8. The number of amides is 1. The predicted molar refractivity (Wildman–Crippen MR) is 139 cm³/mol. The average molecular weight is 511 g/mol. The molecule has 0 unspecified atom stereocenters. The maximum atomic E-state index is 14.6. The van der Waals surface area contributed by atoms with E-state index >= 15 is 0 Å². The van der Waals surface area contributed by atoms with E-state index in [2.05, 4.69) is 15.6 Å². The van der Waals surface area contributed by atoms with Gasteiger partial charge in [0.1, 0.15) is 11.2 Å². The van der Waals surface area contributed by atoms with Crippen LogP contribution in [-0.4, -0.2) is 24.8 Å².